The molecule has 0 bridgehead atoms. The Morgan fingerprint density at radius 3 is 2.29 bits per heavy atom. The third-order valence-electron chi connectivity index (χ3n) is 3.30. The van der Waals surface area contributed by atoms with Crippen LogP contribution in [-0.4, -0.2) is 15.0 Å². The van der Waals surface area contributed by atoms with Crippen LogP contribution in [-0.2, 0) is 0 Å². The average molecular weight is 361 g/mol. The second kappa shape index (κ2) is 6.90. The lowest BCUT2D eigenvalue weighted by molar-refractivity contribution is 1.16. The zero-order valence-electron chi connectivity index (χ0n) is 12.7. The van der Waals surface area contributed by atoms with Gasteiger partial charge in [-0.15, -0.1) is 0 Å². The molecule has 0 aliphatic rings. The Morgan fingerprint density at radius 2 is 1.62 bits per heavy atom. The summed E-state index contributed by atoms with van der Waals surface area (Å²) in [6, 6.07) is 8.99. The molecule has 8 heteroatoms. The van der Waals surface area contributed by atoms with E-state index in [1.165, 1.54) is 12.5 Å². The Bertz CT molecular complexity index is 867. The van der Waals surface area contributed by atoms with Crippen molar-refractivity contribution in [1.29, 1.82) is 0 Å². The first-order chi connectivity index (χ1) is 11.5. The third kappa shape index (κ3) is 3.67. The fourth-order valence-electron chi connectivity index (χ4n) is 2.06. The maximum Gasteiger partial charge on any atom is 0.160 e. The summed E-state index contributed by atoms with van der Waals surface area (Å²) in [5.41, 5.74) is 8.38. The quantitative estimate of drug-likeness (QED) is 0.632. The topological polar surface area (TPSA) is 88.8 Å². The van der Waals surface area contributed by atoms with Crippen molar-refractivity contribution < 1.29 is 0 Å². The zero-order chi connectivity index (χ0) is 17.1. The predicted octanol–water partition coefficient (Wildman–Crippen LogP) is 4.56. The monoisotopic (exact) mass is 360 g/mol. The number of nitrogen functional groups attached to an aromatic ring is 1. The molecule has 1 aromatic carbocycles. The molecule has 0 saturated carbocycles. The fraction of sp³-hybridized carbons (Fsp3) is 0.0625. The van der Waals surface area contributed by atoms with E-state index in [0.717, 1.165) is 11.3 Å². The molecule has 2 heterocycles. The highest BCUT2D eigenvalue weighted by Crippen LogP contribution is 2.29. The molecule has 0 radical (unpaired) electrons. The van der Waals surface area contributed by atoms with Gasteiger partial charge in [0, 0.05) is 16.9 Å². The number of rotatable bonds is 4. The molecule has 3 rings (SSSR count). The Labute approximate surface area is 149 Å². The minimum absolute atomic E-state index is 0.378. The van der Waals surface area contributed by atoms with Crippen molar-refractivity contribution in [3.63, 3.8) is 0 Å². The van der Waals surface area contributed by atoms with Crippen LogP contribution in [0.2, 0.25) is 10.0 Å². The normalized spacial score (nSPS) is 10.5. The summed E-state index contributed by atoms with van der Waals surface area (Å²) < 4.78 is 0. The van der Waals surface area contributed by atoms with Gasteiger partial charge >= 0.3 is 0 Å². The highest BCUT2D eigenvalue weighted by Gasteiger charge is 2.10. The third-order valence-corrected chi connectivity index (χ3v) is 3.76. The Hall–Kier alpha value is -2.57. The lowest BCUT2D eigenvalue weighted by atomic mass is 10.2. The van der Waals surface area contributed by atoms with Crippen LogP contribution in [0.5, 0.6) is 0 Å². The number of benzene rings is 1. The number of pyridine rings is 1. The van der Waals surface area contributed by atoms with E-state index in [4.69, 9.17) is 28.9 Å². The smallest absolute Gasteiger partial charge is 0.160 e. The number of nitrogens with one attached hydrogen (secondary N) is 2. The van der Waals surface area contributed by atoms with Crippen LogP contribution in [0.3, 0.4) is 0 Å². The summed E-state index contributed by atoms with van der Waals surface area (Å²) >= 11 is 11.8. The van der Waals surface area contributed by atoms with Crippen molar-refractivity contribution >= 4 is 52.0 Å². The summed E-state index contributed by atoms with van der Waals surface area (Å²) in [7, 11) is 0. The van der Waals surface area contributed by atoms with Crippen molar-refractivity contribution in [3.8, 4) is 0 Å². The molecule has 0 saturated heterocycles. The number of nitrogens with two attached hydrogens (primary N) is 1. The van der Waals surface area contributed by atoms with Crippen LogP contribution in [0, 0.1) is 6.92 Å². The SMILES string of the molecule is Cc1cc(Cl)ccc1Nc1ncnc(Nc2ccc(Cl)cn2)c1N. The van der Waals surface area contributed by atoms with Crippen LogP contribution in [0.1, 0.15) is 5.56 Å². The molecule has 3 aromatic rings. The fourth-order valence-corrected chi connectivity index (χ4v) is 2.40. The maximum absolute atomic E-state index is 6.16. The van der Waals surface area contributed by atoms with Gasteiger partial charge in [-0.2, -0.15) is 0 Å². The molecule has 0 fully saturated rings. The van der Waals surface area contributed by atoms with E-state index in [-0.39, 0.29) is 0 Å². The van der Waals surface area contributed by atoms with Crippen LogP contribution in [0.15, 0.2) is 42.9 Å². The highest BCUT2D eigenvalue weighted by atomic mass is 35.5. The molecule has 0 atom stereocenters. The number of aryl methyl sites for hydroxylation is 1. The molecule has 0 spiro atoms. The van der Waals surface area contributed by atoms with Gasteiger partial charge in [-0.3, -0.25) is 0 Å². The number of hydrogen-bond donors (Lipinski definition) is 3. The van der Waals surface area contributed by atoms with Gasteiger partial charge < -0.3 is 16.4 Å². The van der Waals surface area contributed by atoms with E-state index in [2.05, 4.69) is 25.6 Å². The molecular weight excluding hydrogens is 347 g/mol. The summed E-state index contributed by atoms with van der Waals surface area (Å²) in [5, 5.41) is 7.45. The Morgan fingerprint density at radius 1 is 0.917 bits per heavy atom. The first kappa shape index (κ1) is 16.3. The first-order valence-electron chi connectivity index (χ1n) is 7.05. The molecule has 2 aromatic heterocycles. The van der Waals surface area contributed by atoms with Gasteiger partial charge in [-0.05, 0) is 42.8 Å². The number of hydrogen-bond acceptors (Lipinski definition) is 6. The van der Waals surface area contributed by atoms with Crippen molar-refractivity contribution in [2.45, 2.75) is 6.92 Å². The molecular formula is C16H14Cl2N6. The van der Waals surface area contributed by atoms with Gasteiger partial charge in [0.05, 0.1) is 5.02 Å². The largest absolute Gasteiger partial charge is 0.393 e. The molecule has 0 aliphatic carbocycles. The average Bonchev–Trinajstić information content (AvgIpc) is 2.55. The second-order valence-corrected chi connectivity index (χ2v) is 5.93. The van der Waals surface area contributed by atoms with E-state index >= 15 is 0 Å². The first-order valence-corrected chi connectivity index (χ1v) is 7.81. The molecule has 6 nitrogen and oxygen atoms in total. The zero-order valence-corrected chi connectivity index (χ0v) is 14.2. The van der Waals surface area contributed by atoms with E-state index in [1.807, 2.05) is 19.1 Å². The van der Waals surface area contributed by atoms with Crippen LogP contribution in [0.25, 0.3) is 0 Å². The van der Waals surface area contributed by atoms with Gasteiger partial charge in [-0.25, -0.2) is 15.0 Å². The number of nitrogens with zero attached hydrogens (tertiary/aromatic N) is 3. The van der Waals surface area contributed by atoms with Gasteiger partial charge in [0.2, 0.25) is 0 Å². The van der Waals surface area contributed by atoms with Crippen molar-refractivity contribution in [3.05, 3.63) is 58.5 Å². The van der Waals surface area contributed by atoms with Crippen LogP contribution < -0.4 is 16.4 Å². The molecule has 0 aliphatic heterocycles. The summed E-state index contributed by atoms with van der Waals surface area (Å²) in [6.45, 7) is 1.95. The van der Waals surface area contributed by atoms with Crippen molar-refractivity contribution in [2.24, 2.45) is 0 Å². The van der Waals surface area contributed by atoms with E-state index < -0.39 is 0 Å². The molecule has 4 N–H and O–H groups in total. The lowest BCUT2D eigenvalue weighted by Gasteiger charge is -2.13. The van der Waals surface area contributed by atoms with Gasteiger partial charge in [0.25, 0.3) is 0 Å². The standard InChI is InChI=1S/C16H14Cl2N6/c1-9-6-10(17)2-4-12(9)23-15-14(19)16(22-8-21-15)24-13-5-3-11(18)7-20-13/h2-8H,19H2,1H3,(H2,20,21,22,23,24). The number of halogens is 2. The van der Waals surface area contributed by atoms with Crippen LogP contribution in [0.4, 0.5) is 28.8 Å². The molecule has 0 unspecified atom stereocenters. The Balaban J connectivity index is 1.86. The minimum Gasteiger partial charge on any atom is -0.393 e. The summed E-state index contributed by atoms with van der Waals surface area (Å²) in [4.78, 5) is 12.5. The lowest BCUT2D eigenvalue weighted by Crippen LogP contribution is -2.06. The number of anilines is 5. The van der Waals surface area contributed by atoms with Crippen molar-refractivity contribution in [1.82, 2.24) is 15.0 Å². The Kier molecular flexibility index (Phi) is 4.69. The van der Waals surface area contributed by atoms with Crippen molar-refractivity contribution in [2.75, 3.05) is 16.4 Å². The summed E-state index contributed by atoms with van der Waals surface area (Å²) in [6.07, 6.45) is 2.96. The highest BCUT2D eigenvalue weighted by molar-refractivity contribution is 6.30. The summed E-state index contributed by atoms with van der Waals surface area (Å²) in [5.74, 6) is 1.53. The van der Waals surface area contributed by atoms with Gasteiger partial charge in [-0.1, -0.05) is 23.2 Å². The molecule has 122 valence electrons. The van der Waals surface area contributed by atoms with Crippen LogP contribution >= 0.6 is 23.2 Å². The van der Waals surface area contributed by atoms with E-state index in [1.54, 1.807) is 18.2 Å². The number of aromatic nitrogens is 3. The predicted molar refractivity (Wildman–Crippen MR) is 98.4 cm³/mol. The van der Waals surface area contributed by atoms with Gasteiger partial charge in [0.1, 0.15) is 17.8 Å². The van der Waals surface area contributed by atoms with E-state index in [9.17, 15) is 0 Å². The molecule has 24 heavy (non-hydrogen) atoms. The second-order valence-electron chi connectivity index (χ2n) is 5.06. The van der Waals surface area contributed by atoms with E-state index in [0.29, 0.717) is 33.2 Å². The van der Waals surface area contributed by atoms with Gasteiger partial charge in [0.15, 0.2) is 11.6 Å². The maximum atomic E-state index is 6.16. The minimum atomic E-state index is 0.378. The molecule has 0 amide bonds.